The number of nitriles is 1. The van der Waals surface area contributed by atoms with Crippen molar-refractivity contribution in [1.29, 1.82) is 5.26 Å². The highest BCUT2D eigenvalue weighted by atomic mass is 19.1. The van der Waals surface area contributed by atoms with E-state index in [1.807, 2.05) is 6.07 Å². The average Bonchev–Trinajstić information content (AvgIpc) is 2.18. The van der Waals surface area contributed by atoms with Crippen molar-refractivity contribution in [2.75, 3.05) is 13.1 Å². The number of nitrogens with zero attached hydrogens (tertiary/aromatic N) is 2. The fourth-order valence-corrected chi connectivity index (χ4v) is 1.79. The van der Waals surface area contributed by atoms with Crippen molar-refractivity contribution in [1.82, 2.24) is 4.90 Å². The number of hydrogen-bond acceptors (Lipinski definition) is 3. The lowest BCUT2D eigenvalue weighted by atomic mass is 9.92. The van der Waals surface area contributed by atoms with Gasteiger partial charge in [0.1, 0.15) is 11.8 Å². The Kier molecular flexibility index (Phi) is 4.33. The lowest BCUT2D eigenvalue weighted by molar-refractivity contribution is 0.00589. The zero-order valence-electron chi connectivity index (χ0n) is 10.6. The number of carbonyl (C=O) groups is 1. The van der Waals surface area contributed by atoms with Crippen LogP contribution in [-0.4, -0.2) is 35.9 Å². The maximum absolute atomic E-state index is 13.7. The lowest BCUT2D eigenvalue weighted by Gasteiger charge is -2.34. The standard InChI is InChI=1S/C12H19FN2O2/c1-12(2,3)17-11(16)15-7-5-9(4-6-14)10(13)8-15/h9-10H,4-5,7-8H2,1-3H3/t9-,10+/m0/s1. The summed E-state index contributed by atoms with van der Waals surface area (Å²) in [6.07, 6.45) is -0.872. The molecule has 0 unspecified atom stereocenters. The average molecular weight is 242 g/mol. The molecular weight excluding hydrogens is 223 g/mol. The molecule has 1 fully saturated rings. The Balaban J connectivity index is 2.50. The molecule has 1 rings (SSSR count). The Morgan fingerprint density at radius 2 is 2.24 bits per heavy atom. The topological polar surface area (TPSA) is 53.3 Å². The number of rotatable bonds is 1. The summed E-state index contributed by atoms with van der Waals surface area (Å²) in [6.45, 7) is 5.82. The summed E-state index contributed by atoms with van der Waals surface area (Å²) < 4.78 is 18.9. The van der Waals surface area contributed by atoms with Gasteiger partial charge in [-0.1, -0.05) is 0 Å². The highest BCUT2D eigenvalue weighted by Crippen LogP contribution is 2.24. The Labute approximate surface area is 101 Å². The summed E-state index contributed by atoms with van der Waals surface area (Å²) in [5.74, 6) is -0.251. The molecule has 1 aliphatic heterocycles. The Bertz CT molecular complexity index is 319. The minimum Gasteiger partial charge on any atom is -0.444 e. The molecule has 1 amide bonds. The van der Waals surface area contributed by atoms with Crippen molar-refractivity contribution in [2.24, 2.45) is 5.92 Å². The number of hydrogen-bond donors (Lipinski definition) is 0. The molecular formula is C12H19FN2O2. The molecule has 0 N–H and O–H groups in total. The van der Waals surface area contributed by atoms with Gasteiger partial charge in [-0.2, -0.15) is 5.26 Å². The largest absolute Gasteiger partial charge is 0.444 e. The van der Waals surface area contributed by atoms with Crippen molar-refractivity contribution in [2.45, 2.75) is 45.4 Å². The molecule has 0 spiro atoms. The number of alkyl halides is 1. The summed E-state index contributed by atoms with van der Waals surface area (Å²) in [5, 5.41) is 8.54. The van der Waals surface area contributed by atoms with Gasteiger partial charge in [0.05, 0.1) is 12.6 Å². The minimum atomic E-state index is -1.13. The molecule has 0 saturated carbocycles. The van der Waals surface area contributed by atoms with E-state index in [0.717, 1.165) is 0 Å². The summed E-state index contributed by atoms with van der Waals surface area (Å²) in [7, 11) is 0. The second-order valence-corrected chi connectivity index (χ2v) is 5.35. The quantitative estimate of drug-likeness (QED) is 0.709. The molecule has 1 heterocycles. The van der Waals surface area contributed by atoms with Crippen LogP contribution in [0, 0.1) is 17.2 Å². The second kappa shape index (κ2) is 5.35. The summed E-state index contributed by atoms with van der Waals surface area (Å²) in [6, 6.07) is 1.98. The Morgan fingerprint density at radius 3 is 2.71 bits per heavy atom. The van der Waals surface area contributed by atoms with Crippen molar-refractivity contribution in [3.05, 3.63) is 0 Å². The van der Waals surface area contributed by atoms with Gasteiger partial charge in [0.15, 0.2) is 0 Å². The second-order valence-electron chi connectivity index (χ2n) is 5.35. The maximum atomic E-state index is 13.7. The van der Waals surface area contributed by atoms with Crippen LogP contribution in [0.4, 0.5) is 9.18 Å². The van der Waals surface area contributed by atoms with E-state index in [1.165, 1.54) is 4.90 Å². The summed E-state index contributed by atoms with van der Waals surface area (Å²) in [5.41, 5.74) is -0.563. The van der Waals surface area contributed by atoms with Crippen LogP contribution >= 0.6 is 0 Å². The van der Waals surface area contributed by atoms with E-state index in [2.05, 4.69) is 0 Å². The molecule has 0 aromatic rings. The van der Waals surface area contributed by atoms with Crippen LogP contribution in [0.2, 0.25) is 0 Å². The highest BCUT2D eigenvalue weighted by molar-refractivity contribution is 5.68. The summed E-state index contributed by atoms with van der Waals surface area (Å²) >= 11 is 0. The molecule has 0 aliphatic carbocycles. The molecule has 2 atom stereocenters. The molecule has 96 valence electrons. The van der Waals surface area contributed by atoms with Crippen molar-refractivity contribution >= 4 is 6.09 Å². The van der Waals surface area contributed by atoms with Crippen LogP contribution in [0.15, 0.2) is 0 Å². The predicted octanol–water partition coefficient (Wildman–Crippen LogP) is 2.50. The van der Waals surface area contributed by atoms with Crippen LogP contribution in [0.3, 0.4) is 0 Å². The van der Waals surface area contributed by atoms with Gasteiger partial charge in [-0.05, 0) is 27.2 Å². The third-order valence-electron chi connectivity index (χ3n) is 2.68. The van der Waals surface area contributed by atoms with E-state index in [-0.39, 0.29) is 18.9 Å². The number of amides is 1. The van der Waals surface area contributed by atoms with Crippen LogP contribution in [0.5, 0.6) is 0 Å². The van der Waals surface area contributed by atoms with Crippen molar-refractivity contribution < 1.29 is 13.9 Å². The van der Waals surface area contributed by atoms with E-state index < -0.39 is 17.9 Å². The monoisotopic (exact) mass is 242 g/mol. The third kappa shape index (κ3) is 4.22. The predicted molar refractivity (Wildman–Crippen MR) is 61.0 cm³/mol. The number of ether oxygens (including phenoxy) is 1. The SMILES string of the molecule is CC(C)(C)OC(=O)N1CC[C@H](CC#N)[C@H](F)C1. The fraction of sp³-hybridized carbons (Fsp3) is 0.833. The van der Waals surface area contributed by atoms with E-state index >= 15 is 0 Å². The molecule has 1 saturated heterocycles. The zero-order chi connectivity index (χ0) is 13.1. The number of carbonyl (C=O) groups excluding carboxylic acids is 1. The van der Waals surface area contributed by atoms with E-state index in [9.17, 15) is 9.18 Å². The first kappa shape index (κ1) is 13.8. The van der Waals surface area contributed by atoms with Gasteiger partial charge in [0, 0.05) is 18.9 Å². The minimum absolute atomic E-state index is 0.0290. The Morgan fingerprint density at radius 1 is 1.59 bits per heavy atom. The molecule has 5 heteroatoms. The lowest BCUT2D eigenvalue weighted by Crippen LogP contribution is -2.46. The van der Waals surface area contributed by atoms with Crippen LogP contribution in [0.25, 0.3) is 0 Å². The van der Waals surface area contributed by atoms with Gasteiger partial charge in [-0.3, -0.25) is 0 Å². The smallest absolute Gasteiger partial charge is 0.410 e. The molecule has 17 heavy (non-hydrogen) atoms. The van der Waals surface area contributed by atoms with Crippen molar-refractivity contribution in [3.63, 3.8) is 0 Å². The fourth-order valence-electron chi connectivity index (χ4n) is 1.79. The van der Waals surface area contributed by atoms with Gasteiger partial charge >= 0.3 is 6.09 Å². The number of piperidine rings is 1. The highest BCUT2D eigenvalue weighted by Gasteiger charge is 2.33. The normalized spacial score (nSPS) is 25.2. The van der Waals surface area contributed by atoms with E-state index in [1.54, 1.807) is 20.8 Å². The molecule has 1 aliphatic rings. The van der Waals surface area contributed by atoms with E-state index in [0.29, 0.717) is 13.0 Å². The van der Waals surface area contributed by atoms with Gasteiger partial charge < -0.3 is 9.64 Å². The molecule has 0 radical (unpaired) electrons. The van der Waals surface area contributed by atoms with Crippen molar-refractivity contribution in [3.8, 4) is 6.07 Å². The van der Waals surface area contributed by atoms with Gasteiger partial charge in [0.25, 0.3) is 0 Å². The first-order valence-corrected chi connectivity index (χ1v) is 5.82. The zero-order valence-corrected chi connectivity index (χ0v) is 10.6. The number of likely N-dealkylation sites (tertiary alicyclic amines) is 1. The molecule has 0 bridgehead atoms. The number of halogens is 1. The van der Waals surface area contributed by atoms with E-state index in [4.69, 9.17) is 10.00 Å². The maximum Gasteiger partial charge on any atom is 0.410 e. The first-order valence-electron chi connectivity index (χ1n) is 5.82. The van der Waals surface area contributed by atoms with Crippen LogP contribution in [-0.2, 0) is 4.74 Å². The molecule has 0 aromatic carbocycles. The summed E-state index contributed by atoms with van der Waals surface area (Å²) in [4.78, 5) is 13.1. The molecule has 4 nitrogen and oxygen atoms in total. The van der Waals surface area contributed by atoms with Gasteiger partial charge in [-0.25, -0.2) is 9.18 Å². The van der Waals surface area contributed by atoms with Gasteiger partial charge in [-0.15, -0.1) is 0 Å². The Hall–Kier alpha value is -1.31. The van der Waals surface area contributed by atoms with Crippen LogP contribution in [0.1, 0.15) is 33.6 Å². The van der Waals surface area contributed by atoms with Crippen LogP contribution < -0.4 is 0 Å². The van der Waals surface area contributed by atoms with Gasteiger partial charge in [0.2, 0.25) is 0 Å². The molecule has 0 aromatic heterocycles. The first-order chi connectivity index (χ1) is 7.83. The third-order valence-corrected chi connectivity index (χ3v) is 2.68.